The van der Waals surface area contributed by atoms with E-state index in [1.165, 1.54) is 11.1 Å². The molecular formula is C16H22BrNO2. The molecule has 110 valence electrons. The summed E-state index contributed by atoms with van der Waals surface area (Å²) >= 11 is 3.68. The maximum absolute atomic E-state index is 12.1. The number of halogens is 1. The molecule has 0 aliphatic carbocycles. The van der Waals surface area contributed by atoms with E-state index in [4.69, 9.17) is 4.74 Å². The van der Waals surface area contributed by atoms with Crippen molar-refractivity contribution >= 4 is 27.5 Å². The summed E-state index contributed by atoms with van der Waals surface area (Å²) in [4.78, 5) is 14.5. The lowest BCUT2D eigenvalue weighted by Crippen LogP contribution is -2.38. The molecule has 0 spiro atoms. The Labute approximate surface area is 129 Å². The van der Waals surface area contributed by atoms with Gasteiger partial charge in [0.25, 0.3) is 5.91 Å². The Kier molecular flexibility index (Phi) is 5.22. The van der Waals surface area contributed by atoms with E-state index < -0.39 is 0 Å². The molecule has 3 nitrogen and oxygen atoms in total. The van der Waals surface area contributed by atoms with Crippen LogP contribution in [0.2, 0.25) is 0 Å². The Hall–Kier alpha value is -0.870. The molecule has 2 rings (SSSR count). The second kappa shape index (κ2) is 6.72. The first-order valence-electron chi connectivity index (χ1n) is 7.13. The van der Waals surface area contributed by atoms with Gasteiger partial charge in [-0.15, -0.1) is 0 Å². The minimum absolute atomic E-state index is 0.0402. The number of anilines is 1. The number of ether oxygens (including phenoxy) is 1. The molecule has 0 saturated carbocycles. The fourth-order valence-electron chi connectivity index (χ4n) is 2.78. The predicted octanol–water partition coefficient (Wildman–Crippen LogP) is 3.33. The van der Waals surface area contributed by atoms with Gasteiger partial charge in [-0.2, -0.15) is 0 Å². The van der Waals surface area contributed by atoms with E-state index in [1.54, 1.807) is 7.11 Å². The van der Waals surface area contributed by atoms with E-state index >= 15 is 0 Å². The highest BCUT2D eigenvalue weighted by molar-refractivity contribution is 9.09. The first kappa shape index (κ1) is 15.5. The monoisotopic (exact) mass is 339 g/mol. The molecule has 1 aromatic carbocycles. The van der Waals surface area contributed by atoms with Gasteiger partial charge in [0.1, 0.15) is 6.61 Å². The van der Waals surface area contributed by atoms with Crippen molar-refractivity contribution in [2.24, 2.45) is 0 Å². The van der Waals surface area contributed by atoms with Crippen LogP contribution in [0.5, 0.6) is 0 Å². The number of carbonyl (C=O) groups excluding carboxylic acids is 1. The van der Waals surface area contributed by atoms with Crippen LogP contribution in [0.3, 0.4) is 0 Å². The van der Waals surface area contributed by atoms with E-state index in [0.717, 1.165) is 24.9 Å². The van der Waals surface area contributed by atoms with Crippen LogP contribution in [0.25, 0.3) is 0 Å². The largest absolute Gasteiger partial charge is 0.375 e. The van der Waals surface area contributed by atoms with Crippen LogP contribution in [-0.4, -0.2) is 30.5 Å². The molecule has 0 bridgehead atoms. The zero-order chi connectivity index (χ0) is 14.7. The minimum atomic E-state index is 0.0402. The maximum atomic E-state index is 12.1. The van der Waals surface area contributed by atoms with E-state index in [-0.39, 0.29) is 18.6 Å². The molecule has 0 saturated heterocycles. The number of fused-ring (bicyclic) bond motifs is 1. The molecule has 1 heterocycles. The molecule has 2 unspecified atom stereocenters. The van der Waals surface area contributed by atoms with Crippen LogP contribution in [-0.2, 0) is 22.4 Å². The van der Waals surface area contributed by atoms with Crippen LogP contribution < -0.4 is 4.90 Å². The molecule has 2 atom stereocenters. The highest BCUT2D eigenvalue weighted by Gasteiger charge is 2.30. The van der Waals surface area contributed by atoms with E-state index in [9.17, 15) is 4.79 Å². The number of methoxy groups -OCH3 is 1. The van der Waals surface area contributed by atoms with Crippen molar-refractivity contribution in [3.05, 3.63) is 29.3 Å². The molecule has 1 amide bonds. The van der Waals surface area contributed by atoms with Crippen LogP contribution >= 0.6 is 15.9 Å². The number of rotatable bonds is 5. The summed E-state index contributed by atoms with van der Waals surface area (Å²) in [7, 11) is 1.56. The van der Waals surface area contributed by atoms with E-state index in [1.807, 2.05) is 4.90 Å². The van der Waals surface area contributed by atoms with Crippen LogP contribution in [0, 0.1) is 0 Å². The van der Waals surface area contributed by atoms with Gasteiger partial charge < -0.3 is 9.64 Å². The standard InChI is InChI=1S/C16H22BrNO2/c1-4-14(17)9-12-5-6-15-13(8-12)7-11(2)18(15)16(19)10-20-3/h5-6,8,11,14H,4,7,9-10H2,1-3H3. The minimum Gasteiger partial charge on any atom is -0.375 e. The first-order valence-corrected chi connectivity index (χ1v) is 8.05. The number of carbonyl (C=O) groups is 1. The van der Waals surface area contributed by atoms with Gasteiger partial charge in [-0.1, -0.05) is 35.0 Å². The van der Waals surface area contributed by atoms with Crippen molar-refractivity contribution in [3.8, 4) is 0 Å². The number of alkyl halides is 1. The zero-order valence-electron chi connectivity index (χ0n) is 12.4. The number of amides is 1. The van der Waals surface area contributed by atoms with Gasteiger partial charge >= 0.3 is 0 Å². The van der Waals surface area contributed by atoms with Gasteiger partial charge in [-0.05, 0) is 43.4 Å². The van der Waals surface area contributed by atoms with Crippen LogP contribution in [0.15, 0.2) is 18.2 Å². The predicted molar refractivity (Wildman–Crippen MR) is 85.7 cm³/mol. The van der Waals surface area contributed by atoms with Gasteiger partial charge in [-0.3, -0.25) is 4.79 Å². The number of benzene rings is 1. The van der Waals surface area contributed by atoms with Crippen LogP contribution in [0.1, 0.15) is 31.4 Å². The van der Waals surface area contributed by atoms with Crippen molar-refractivity contribution in [3.63, 3.8) is 0 Å². The fraction of sp³-hybridized carbons (Fsp3) is 0.562. The molecule has 20 heavy (non-hydrogen) atoms. The molecular weight excluding hydrogens is 318 g/mol. The molecule has 1 aliphatic heterocycles. The Morgan fingerprint density at radius 2 is 2.30 bits per heavy atom. The third-order valence-corrected chi connectivity index (χ3v) is 4.77. The first-order chi connectivity index (χ1) is 9.56. The molecule has 4 heteroatoms. The summed E-state index contributed by atoms with van der Waals surface area (Å²) < 4.78 is 4.97. The molecule has 1 aliphatic rings. The van der Waals surface area contributed by atoms with Gasteiger partial charge in [0.2, 0.25) is 0 Å². The average molecular weight is 340 g/mol. The Morgan fingerprint density at radius 1 is 1.55 bits per heavy atom. The van der Waals surface area contributed by atoms with Crippen molar-refractivity contribution in [2.45, 2.75) is 44.0 Å². The highest BCUT2D eigenvalue weighted by atomic mass is 79.9. The summed E-state index contributed by atoms with van der Waals surface area (Å²) in [5.74, 6) is 0.0402. The molecule has 1 aromatic rings. The normalized spacial score (nSPS) is 19.0. The van der Waals surface area contributed by atoms with Crippen molar-refractivity contribution in [2.75, 3.05) is 18.6 Å². The lowest BCUT2D eigenvalue weighted by molar-refractivity contribution is -0.122. The Bertz CT molecular complexity index is 489. The Morgan fingerprint density at radius 3 is 2.95 bits per heavy atom. The molecule has 0 N–H and O–H groups in total. The lowest BCUT2D eigenvalue weighted by atomic mass is 10.0. The zero-order valence-corrected chi connectivity index (χ0v) is 13.9. The van der Waals surface area contributed by atoms with Gasteiger partial charge in [-0.25, -0.2) is 0 Å². The van der Waals surface area contributed by atoms with E-state index in [2.05, 4.69) is 48.0 Å². The average Bonchev–Trinajstić information content (AvgIpc) is 2.74. The van der Waals surface area contributed by atoms with Gasteiger partial charge in [0, 0.05) is 23.7 Å². The second-order valence-corrected chi connectivity index (χ2v) is 6.72. The number of nitrogens with zero attached hydrogens (tertiary/aromatic N) is 1. The summed E-state index contributed by atoms with van der Waals surface area (Å²) in [6, 6.07) is 6.68. The van der Waals surface area contributed by atoms with Crippen molar-refractivity contribution < 1.29 is 9.53 Å². The number of hydrogen-bond donors (Lipinski definition) is 0. The lowest BCUT2D eigenvalue weighted by Gasteiger charge is -2.22. The second-order valence-electron chi connectivity index (χ2n) is 5.42. The smallest absolute Gasteiger partial charge is 0.253 e. The van der Waals surface area contributed by atoms with Crippen LogP contribution in [0.4, 0.5) is 5.69 Å². The summed E-state index contributed by atoms with van der Waals surface area (Å²) in [6.45, 7) is 4.41. The van der Waals surface area contributed by atoms with Crippen molar-refractivity contribution in [1.82, 2.24) is 0 Å². The molecule has 0 fully saturated rings. The maximum Gasteiger partial charge on any atom is 0.253 e. The quantitative estimate of drug-likeness (QED) is 0.770. The van der Waals surface area contributed by atoms with E-state index in [0.29, 0.717) is 4.83 Å². The number of hydrogen-bond acceptors (Lipinski definition) is 2. The molecule has 0 radical (unpaired) electrons. The fourth-order valence-corrected chi connectivity index (χ4v) is 3.16. The third-order valence-electron chi connectivity index (χ3n) is 3.80. The third kappa shape index (κ3) is 3.23. The summed E-state index contributed by atoms with van der Waals surface area (Å²) in [6.07, 6.45) is 3.08. The van der Waals surface area contributed by atoms with Crippen molar-refractivity contribution in [1.29, 1.82) is 0 Å². The van der Waals surface area contributed by atoms with Gasteiger partial charge in [0.05, 0.1) is 0 Å². The highest BCUT2D eigenvalue weighted by Crippen LogP contribution is 2.33. The van der Waals surface area contributed by atoms with Gasteiger partial charge in [0.15, 0.2) is 0 Å². The molecule has 0 aromatic heterocycles. The topological polar surface area (TPSA) is 29.5 Å². The summed E-state index contributed by atoms with van der Waals surface area (Å²) in [5.41, 5.74) is 3.65. The summed E-state index contributed by atoms with van der Waals surface area (Å²) in [5, 5.41) is 0. The Balaban J connectivity index is 2.21. The SMILES string of the molecule is CCC(Br)Cc1ccc2c(c1)CC(C)N2C(=O)COC.